The van der Waals surface area contributed by atoms with E-state index >= 15 is 0 Å². The van der Waals surface area contributed by atoms with Crippen LogP contribution in [0.5, 0.6) is 0 Å². The predicted octanol–water partition coefficient (Wildman–Crippen LogP) is 2.67. The molecule has 1 aliphatic rings. The first-order valence-corrected chi connectivity index (χ1v) is 6.03. The van der Waals surface area contributed by atoms with Crippen molar-refractivity contribution in [1.29, 1.82) is 0 Å². The number of hydrogen-bond donors (Lipinski definition) is 1. The van der Waals surface area contributed by atoms with Gasteiger partial charge in [-0.15, -0.1) is 0 Å². The highest BCUT2D eigenvalue weighted by Crippen LogP contribution is 2.36. The van der Waals surface area contributed by atoms with E-state index in [1.807, 2.05) is 13.2 Å². The Labute approximate surface area is 97.7 Å². The van der Waals surface area contributed by atoms with E-state index in [9.17, 15) is 0 Å². The number of nitrogens with zero attached hydrogens (tertiary/aromatic N) is 2. The average molecular weight is 219 g/mol. The molecule has 0 saturated carbocycles. The summed E-state index contributed by atoms with van der Waals surface area (Å²) in [6, 6.07) is 0. The first kappa shape index (κ1) is 11.4. The summed E-state index contributed by atoms with van der Waals surface area (Å²) in [6.45, 7) is 6.97. The molecule has 0 saturated heterocycles. The van der Waals surface area contributed by atoms with Gasteiger partial charge in [-0.05, 0) is 36.2 Å². The molecule has 0 spiro atoms. The van der Waals surface area contributed by atoms with Crippen LogP contribution >= 0.6 is 0 Å². The molecule has 1 aliphatic carbocycles. The zero-order valence-corrected chi connectivity index (χ0v) is 10.7. The molecule has 1 aromatic rings. The number of hydrogen-bond acceptors (Lipinski definition) is 3. The van der Waals surface area contributed by atoms with Crippen LogP contribution in [0.15, 0.2) is 6.20 Å². The molecular weight excluding hydrogens is 198 g/mol. The molecular formula is C13H21N3. The van der Waals surface area contributed by atoms with Gasteiger partial charge in [0, 0.05) is 18.9 Å². The van der Waals surface area contributed by atoms with Crippen LogP contribution in [0.25, 0.3) is 0 Å². The summed E-state index contributed by atoms with van der Waals surface area (Å²) in [6.07, 6.45) is 5.46. The molecule has 0 aliphatic heterocycles. The van der Waals surface area contributed by atoms with Crippen LogP contribution in [0, 0.1) is 11.3 Å². The first-order valence-electron chi connectivity index (χ1n) is 6.03. The monoisotopic (exact) mass is 219 g/mol. The molecule has 0 amide bonds. The number of aromatic nitrogens is 2. The Balaban J connectivity index is 2.22. The lowest BCUT2D eigenvalue weighted by atomic mass is 9.72. The Morgan fingerprint density at radius 1 is 1.38 bits per heavy atom. The van der Waals surface area contributed by atoms with Gasteiger partial charge < -0.3 is 5.32 Å². The zero-order valence-electron chi connectivity index (χ0n) is 10.7. The van der Waals surface area contributed by atoms with Crippen LogP contribution in [0.4, 0.5) is 5.95 Å². The molecule has 3 heteroatoms. The lowest BCUT2D eigenvalue weighted by molar-refractivity contribution is 0.214. The Morgan fingerprint density at radius 2 is 2.12 bits per heavy atom. The third-order valence-electron chi connectivity index (χ3n) is 3.60. The average Bonchev–Trinajstić information content (AvgIpc) is 2.26. The summed E-state index contributed by atoms with van der Waals surface area (Å²) < 4.78 is 0. The summed E-state index contributed by atoms with van der Waals surface area (Å²) in [7, 11) is 1.86. The minimum Gasteiger partial charge on any atom is -0.357 e. The number of nitrogens with one attached hydrogen (secondary N) is 1. The lowest BCUT2D eigenvalue weighted by Gasteiger charge is -2.34. The smallest absolute Gasteiger partial charge is 0.222 e. The van der Waals surface area contributed by atoms with Crippen molar-refractivity contribution in [2.45, 2.75) is 40.0 Å². The molecule has 3 nitrogen and oxygen atoms in total. The Morgan fingerprint density at radius 3 is 2.75 bits per heavy atom. The lowest BCUT2D eigenvalue weighted by Crippen LogP contribution is -2.27. The fraction of sp³-hybridized carbons (Fsp3) is 0.692. The van der Waals surface area contributed by atoms with Gasteiger partial charge in [0.25, 0.3) is 0 Å². The third-order valence-corrected chi connectivity index (χ3v) is 3.60. The number of rotatable bonds is 1. The van der Waals surface area contributed by atoms with Crippen LogP contribution in [-0.4, -0.2) is 17.0 Å². The highest BCUT2D eigenvalue weighted by atomic mass is 15.1. The van der Waals surface area contributed by atoms with Gasteiger partial charge in [-0.2, -0.15) is 0 Å². The van der Waals surface area contributed by atoms with E-state index in [0.717, 1.165) is 24.7 Å². The molecule has 16 heavy (non-hydrogen) atoms. The fourth-order valence-corrected chi connectivity index (χ4v) is 2.37. The maximum absolute atomic E-state index is 4.53. The summed E-state index contributed by atoms with van der Waals surface area (Å²) in [5.41, 5.74) is 2.96. The van der Waals surface area contributed by atoms with Gasteiger partial charge in [-0.3, -0.25) is 0 Å². The minimum atomic E-state index is 0.388. The molecule has 0 fully saturated rings. The molecule has 1 unspecified atom stereocenters. The Bertz CT molecular complexity index is 379. The van der Waals surface area contributed by atoms with Crippen molar-refractivity contribution in [3.05, 3.63) is 17.5 Å². The second kappa shape index (κ2) is 4.04. The second-order valence-electron chi connectivity index (χ2n) is 5.72. The largest absolute Gasteiger partial charge is 0.357 e. The van der Waals surface area contributed by atoms with Gasteiger partial charge in [-0.25, -0.2) is 9.97 Å². The standard InChI is InChI=1S/C13H21N3/c1-13(2,3)10-5-6-11-9(7-10)8-15-12(14-4)16-11/h8,10H,5-7H2,1-4H3,(H,14,15,16). The van der Waals surface area contributed by atoms with Gasteiger partial charge in [0.2, 0.25) is 5.95 Å². The molecule has 1 heterocycles. The normalized spacial score (nSPS) is 20.4. The highest BCUT2D eigenvalue weighted by molar-refractivity contribution is 5.30. The van der Waals surface area contributed by atoms with Crippen LogP contribution < -0.4 is 5.32 Å². The molecule has 1 N–H and O–H groups in total. The van der Waals surface area contributed by atoms with E-state index in [2.05, 4.69) is 36.1 Å². The van der Waals surface area contributed by atoms with E-state index < -0.39 is 0 Å². The van der Waals surface area contributed by atoms with Gasteiger partial charge in [0.05, 0.1) is 0 Å². The highest BCUT2D eigenvalue weighted by Gasteiger charge is 2.29. The summed E-state index contributed by atoms with van der Waals surface area (Å²) in [5.74, 6) is 1.50. The minimum absolute atomic E-state index is 0.388. The summed E-state index contributed by atoms with van der Waals surface area (Å²) in [4.78, 5) is 8.83. The molecule has 1 aromatic heterocycles. The maximum atomic E-state index is 4.53. The molecule has 0 radical (unpaired) electrons. The summed E-state index contributed by atoms with van der Waals surface area (Å²) >= 11 is 0. The van der Waals surface area contributed by atoms with Crippen molar-refractivity contribution < 1.29 is 0 Å². The van der Waals surface area contributed by atoms with Crippen LogP contribution in [-0.2, 0) is 12.8 Å². The van der Waals surface area contributed by atoms with E-state index in [0.29, 0.717) is 5.41 Å². The van der Waals surface area contributed by atoms with Gasteiger partial charge in [-0.1, -0.05) is 20.8 Å². The van der Waals surface area contributed by atoms with Crippen molar-refractivity contribution in [2.24, 2.45) is 11.3 Å². The molecule has 0 bridgehead atoms. The van der Waals surface area contributed by atoms with E-state index in [4.69, 9.17) is 0 Å². The van der Waals surface area contributed by atoms with Crippen molar-refractivity contribution in [3.8, 4) is 0 Å². The number of anilines is 1. The molecule has 1 atom stereocenters. The van der Waals surface area contributed by atoms with E-state index in [1.165, 1.54) is 17.7 Å². The van der Waals surface area contributed by atoms with Crippen molar-refractivity contribution in [2.75, 3.05) is 12.4 Å². The summed E-state index contributed by atoms with van der Waals surface area (Å²) in [5, 5.41) is 3.00. The zero-order chi connectivity index (χ0) is 11.8. The van der Waals surface area contributed by atoms with Gasteiger partial charge in [0.15, 0.2) is 0 Å². The number of aryl methyl sites for hydroxylation is 1. The second-order valence-corrected chi connectivity index (χ2v) is 5.72. The molecule has 88 valence electrons. The van der Waals surface area contributed by atoms with E-state index in [1.54, 1.807) is 0 Å². The van der Waals surface area contributed by atoms with Gasteiger partial charge >= 0.3 is 0 Å². The van der Waals surface area contributed by atoms with Crippen LogP contribution in [0.3, 0.4) is 0 Å². The van der Waals surface area contributed by atoms with E-state index in [-0.39, 0.29) is 0 Å². The molecule has 0 aromatic carbocycles. The fourth-order valence-electron chi connectivity index (χ4n) is 2.37. The SMILES string of the molecule is CNc1ncc2c(n1)CCC(C(C)(C)C)C2. The Kier molecular flexibility index (Phi) is 2.87. The topological polar surface area (TPSA) is 37.8 Å². The predicted molar refractivity (Wildman–Crippen MR) is 66.5 cm³/mol. The van der Waals surface area contributed by atoms with Crippen LogP contribution in [0.1, 0.15) is 38.4 Å². The van der Waals surface area contributed by atoms with Crippen molar-refractivity contribution >= 4 is 5.95 Å². The van der Waals surface area contributed by atoms with Crippen molar-refractivity contribution in [3.63, 3.8) is 0 Å². The van der Waals surface area contributed by atoms with Crippen molar-refractivity contribution in [1.82, 2.24) is 9.97 Å². The van der Waals surface area contributed by atoms with Gasteiger partial charge in [0.1, 0.15) is 0 Å². The molecule has 2 rings (SSSR count). The van der Waals surface area contributed by atoms with Crippen LogP contribution in [0.2, 0.25) is 0 Å². The first-order chi connectivity index (χ1) is 7.50. The maximum Gasteiger partial charge on any atom is 0.222 e. The Hall–Kier alpha value is -1.12. The third kappa shape index (κ3) is 2.18. The quantitative estimate of drug-likeness (QED) is 0.789. The number of fused-ring (bicyclic) bond motifs is 1.